The first-order chi connectivity index (χ1) is 17.9. The number of fused-ring (bicyclic) bond motifs is 1. The van der Waals surface area contributed by atoms with E-state index in [-0.39, 0.29) is 5.56 Å². The number of nitrogens with zero attached hydrogens (tertiary/aromatic N) is 4. The van der Waals surface area contributed by atoms with Gasteiger partial charge in [0.1, 0.15) is 18.1 Å². The van der Waals surface area contributed by atoms with Crippen LogP contribution in [0.3, 0.4) is 0 Å². The molecule has 1 fully saturated rings. The van der Waals surface area contributed by atoms with Gasteiger partial charge in [-0.3, -0.25) is 9.48 Å². The number of H-pyrrole nitrogens is 2. The zero-order valence-electron chi connectivity index (χ0n) is 20.7. The number of hydrogen-bond acceptors (Lipinski definition) is 6. The van der Waals surface area contributed by atoms with Crippen molar-refractivity contribution in [1.82, 2.24) is 29.6 Å². The van der Waals surface area contributed by atoms with Crippen molar-refractivity contribution in [2.75, 3.05) is 38.2 Å². The molecule has 0 saturated carbocycles. The molecule has 4 heterocycles. The van der Waals surface area contributed by atoms with Crippen molar-refractivity contribution >= 4 is 28.3 Å². The lowest BCUT2D eigenvalue weighted by atomic mass is 9.88. The number of aliphatic hydroxyl groups is 1. The predicted octanol–water partition coefficient (Wildman–Crippen LogP) is 3.70. The largest absolute Gasteiger partial charge is 0.389 e. The van der Waals surface area contributed by atoms with Crippen LogP contribution in [0.4, 0.5) is 10.1 Å². The van der Waals surface area contributed by atoms with E-state index in [0.717, 1.165) is 42.5 Å². The molecule has 0 spiro atoms. The lowest BCUT2D eigenvalue weighted by Gasteiger charge is -2.33. The van der Waals surface area contributed by atoms with Gasteiger partial charge in [-0.2, -0.15) is 5.10 Å². The third-order valence-corrected chi connectivity index (χ3v) is 7.16. The summed E-state index contributed by atoms with van der Waals surface area (Å²) in [6, 6.07) is 6.13. The van der Waals surface area contributed by atoms with Gasteiger partial charge in [-0.05, 0) is 62.0 Å². The van der Waals surface area contributed by atoms with Crippen molar-refractivity contribution < 1.29 is 9.50 Å². The minimum Gasteiger partial charge on any atom is -0.389 e. The van der Waals surface area contributed by atoms with E-state index in [9.17, 15) is 14.3 Å². The first-order valence-electron chi connectivity index (χ1n) is 12.5. The number of rotatable bonds is 9. The Morgan fingerprint density at radius 1 is 1.32 bits per heavy atom. The van der Waals surface area contributed by atoms with Gasteiger partial charge in [0.2, 0.25) is 0 Å². The molecule has 0 aliphatic carbocycles. The van der Waals surface area contributed by atoms with Crippen LogP contribution in [0, 0.1) is 6.92 Å². The Morgan fingerprint density at radius 2 is 2.14 bits per heavy atom. The van der Waals surface area contributed by atoms with E-state index in [1.54, 1.807) is 23.3 Å². The number of benzene rings is 1. The fourth-order valence-corrected chi connectivity index (χ4v) is 5.25. The van der Waals surface area contributed by atoms with E-state index in [2.05, 4.69) is 37.4 Å². The zero-order valence-corrected chi connectivity index (χ0v) is 21.4. The van der Waals surface area contributed by atoms with Crippen LogP contribution < -0.4 is 10.9 Å². The third-order valence-electron chi connectivity index (χ3n) is 6.96. The minimum atomic E-state index is -0.914. The molecule has 0 radical (unpaired) electrons. The van der Waals surface area contributed by atoms with Gasteiger partial charge in [0.05, 0.1) is 40.6 Å². The van der Waals surface area contributed by atoms with E-state index in [1.165, 1.54) is 5.56 Å². The maximum atomic E-state index is 12.8. The second-order valence-corrected chi connectivity index (χ2v) is 10.1. The first-order valence-corrected chi connectivity index (χ1v) is 12.9. The van der Waals surface area contributed by atoms with E-state index in [0.29, 0.717) is 47.7 Å². The normalized spacial score (nSPS) is 15.9. The zero-order chi connectivity index (χ0) is 25.9. The summed E-state index contributed by atoms with van der Waals surface area (Å²) >= 11 is 5.94. The van der Waals surface area contributed by atoms with E-state index < -0.39 is 12.8 Å². The van der Waals surface area contributed by atoms with Crippen molar-refractivity contribution in [2.45, 2.75) is 38.3 Å². The molecule has 1 aliphatic rings. The monoisotopic (exact) mass is 527 g/mol. The number of alkyl halides is 1. The third kappa shape index (κ3) is 5.71. The number of halogens is 2. The molecule has 9 nitrogen and oxygen atoms in total. The molecule has 1 unspecified atom stereocenters. The Morgan fingerprint density at radius 3 is 2.86 bits per heavy atom. The number of hydrogen-bond donors (Lipinski definition) is 4. The average molecular weight is 528 g/mol. The number of aryl methyl sites for hydroxylation is 1. The van der Waals surface area contributed by atoms with Gasteiger partial charge >= 0.3 is 0 Å². The SMILES string of the molecule is Cc1cc(C2CCN(CC(O)CF)CC2)cc2[nH]c(-c3c(NCCn4cc(Cl)cn4)cc[nH]c3=O)nc12. The van der Waals surface area contributed by atoms with Crippen molar-refractivity contribution in [1.29, 1.82) is 0 Å². The predicted molar refractivity (Wildman–Crippen MR) is 143 cm³/mol. The maximum Gasteiger partial charge on any atom is 0.261 e. The first kappa shape index (κ1) is 25.4. The number of aromatic nitrogens is 5. The Kier molecular flexibility index (Phi) is 7.59. The highest BCUT2D eigenvalue weighted by Gasteiger charge is 2.24. The lowest BCUT2D eigenvalue weighted by molar-refractivity contribution is 0.0780. The maximum absolute atomic E-state index is 12.8. The molecule has 1 aromatic carbocycles. The van der Waals surface area contributed by atoms with Gasteiger partial charge in [-0.25, -0.2) is 9.37 Å². The van der Waals surface area contributed by atoms with Crippen LogP contribution in [0.5, 0.6) is 0 Å². The van der Waals surface area contributed by atoms with Crippen LogP contribution in [-0.4, -0.2) is 73.7 Å². The number of pyridine rings is 1. The molecule has 11 heteroatoms. The number of likely N-dealkylation sites (tertiary alicyclic amines) is 1. The number of piperidine rings is 1. The van der Waals surface area contributed by atoms with E-state index >= 15 is 0 Å². The highest BCUT2D eigenvalue weighted by atomic mass is 35.5. The molecule has 4 N–H and O–H groups in total. The number of aromatic amines is 2. The molecule has 4 aromatic rings. The molecule has 5 rings (SSSR count). The Balaban J connectivity index is 1.35. The summed E-state index contributed by atoms with van der Waals surface area (Å²) in [6.07, 6.45) is 5.93. The molecule has 0 amide bonds. The molecule has 1 saturated heterocycles. The van der Waals surface area contributed by atoms with Crippen LogP contribution in [0.1, 0.15) is 29.9 Å². The Hall–Kier alpha value is -3.21. The quantitative estimate of drug-likeness (QED) is 0.264. The Bertz CT molecular complexity index is 1420. The van der Waals surface area contributed by atoms with Crippen LogP contribution >= 0.6 is 11.6 Å². The fourth-order valence-electron chi connectivity index (χ4n) is 5.09. The second kappa shape index (κ2) is 11.0. The van der Waals surface area contributed by atoms with Gasteiger partial charge in [-0.15, -0.1) is 0 Å². The van der Waals surface area contributed by atoms with Crippen LogP contribution in [0.15, 0.2) is 41.6 Å². The smallest absolute Gasteiger partial charge is 0.261 e. The molecule has 1 aliphatic heterocycles. The van der Waals surface area contributed by atoms with Crippen molar-refractivity contribution in [3.05, 3.63) is 63.3 Å². The van der Waals surface area contributed by atoms with E-state index in [4.69, 9.17) is 16.6 Å². The minimum absolute atomic E-state index is 0.230. The molecule has 1 atom stereocenters. The molecule has 0 bridgehead atoms. The summed E-state index contributed by atoms with van der Waals surface area (Å²) in [5.41, 5.74) is 4.90. The topological polar surface area (TPSA) is 115 Å². The van der Waals surface area contributed by atoms with Crippen LogP contribution in [-0.2, 0) is 6.54 Å². The van der Waals surface area contributed by atoms with Gasteiger partial charge in [0.15, 0.2) is 0 Å². The van der Waals surface area contributed by atoms with Gasteiger partial charge in [0, 0.05) is 25.5 Å². The molecule has 37 heavy (non-hydrogen) atoms. The number of aliphatic hydroxyl groups excluding tert-OH is 1. The summed E-state index contributed by atoms with van der Waals surface area (Å²) in [5.74, 6) is 0.888. The number of β-amino-alcohol motifs (C(OH)–C–C–N with tert-alkyl or cyclic N) is 1. The van der Waals surface area contributed by atoms with Crippen molar-refractivity contribution in [3.63, 3.8) is 0 Å². The summed E-state index contributed by atoms with van der Waals surface area (Å²) in [6.45, 7) is 4.50. The van der Waals surface area contributed by atoms with Gasteiger partial charge < -0.3 is 25.3 Å². The van der Waals surface area contributed by atoms with Crippen LogP contribution in [0.2, 0.25) is 5.02 Å². The molecule has 196 valence electrons. The summed E-state index contributed by atoms with van der Waals surface area (Å²) < 4.78 is 14.4. The molecule has 3 aromatic heterocycles. The fraction of sp³-hybridized carbons (Fsp3) is 0.423. The number of anilines is 1. The second-order valence-electron chi connectivity index (χ2n) is 9.65. The van der Waals surface area contributed by atoms with Crippen LogP contribution in [0.25, 0.3) is 22.4 Å². The number of nitrogens with one attached hydrogen (secondary N) is 3. The highest BCUT2D eigenvalue weighted by Crippen LogP contribution is 2.33. The lowest BCUT2D eigenvalue weighted by Crippen LogP contribution is -2.39. The van der Waals surface area contributed by atoms with Gasteiger partial charge in [-0.1, -0.05) is 17.7 Å². The summed E-state index contributed by atoms with van der Waals surface area (Å²) in [4.78, 5) is 25.9. The molecular formula is C26H31ClFN7O2. The molecular weight excluding hydrogens is 497 g/mol. The van der Waals surface area contributed by atoms with Gasteiger partial charge in [0.25, 0.3) is 5.56 Å². The van der Waals surface area contributed by atoms with Crippen molar-refractivity contribution in [3.8, 4) is 11.4 Å². The standard InChI is InChI=1S/C26H31ClFN7O2/c1-16-10-18(17-3-7-34(8-4-17)15-20(36)12-28)11-22-24(16)33-25(32-22)23-21(2-5-30-26(23)37)29-6-9-35-14-19(27)13-31-35/h2,5,10-11,13-14,17,20,36H,3-4,6-9,12,15H2,1H3,(H,32,33)(H2,29,30,37). The van der Waals surface area contributed by atoms with Crippen molar-refractivity contribution in [2.24, 2.45) is 0 Å². The number of imidazole rings is 1. The summed E-state index contributed by atoms with van der Waals surface area (Å²) in [7, 11) is 0. The van der Waals surface area contributed by atoms with E-state index in [1.807, 2.05) is 13.0 Å². The average Bonchev–Trinajstić information content (AvgIpc) is 3.50. The Labute approximate surface area is 218 Å². The summed E-state index contributed by atoms with van der Waals surface area (Å²) in [5, 5.41) is 17.7. The highest BCUT2D eigenvalue weighted by molar-refractivity contribution is 6.30.